The number of guanidine groups is 1. The van der Waals surface area contributed by atoms with E-state index in [0.717, 1.165) is 25.6 Å². The van der Waals surface area contributed by atoms with Crippen LogP contribution in [0.25, 0.3) is 0 Å². The number of piperazine rings is 1. The molecule has 0 saturated carbocycles. The molecule has 0 spiro atoms. The zero-order valence-electron chi connectivity index (χ0n) is 16.9. The lowest BCUT2D eigenvalue weighted by molar-refractivity contribution is -0.181. The van der Waals surface area contributed by atoms with Gasteiger partial charge in [-0.1, -0.05) is 13.8 Å². The summed E-state index contributed by atoms with van der Waals surface area (Å²) in [7, 11) is 1.74. The van der Waals surface area contributed by atoms with E-state index < -0.39 is 12.2 Å². The molecule has 1 N–H and O–H groups in total. The molecular formula is C18H35F3IN5. The van der Waals surface area contributed by atoms with Crippen molar-refractivity contribution in [2.75, 3.05) is 52.9 Å². The lowest BCUT2D eigenvalue weighted by atomic mass is 10.1. The summed E-state index contributed by atoms with van der Waals surface area (Å²) in [6.07, 6.45) is -1.75. The summed E-state index contributed by atoms with van der Waals surface area (Å²) in [5, 5.41) is 3.45. The van der Waals surface area contributed by atoms with Crippen molar-refractivity contribution in [2.45, 2.75) is 51.9 Å². The van der Waals surface area contributed by atoms with Crippen molar-refractivity contribution in [3.63, 3.8) is 0 Å². The van der Waals surface area contributed by atoms with Gasteiger partial charge in [0.1, 0.15) is 6.04 Å². The summed E-state index contributed by atoms with van der Waals surface area (Å²) < 4.78 is 38.6. The Bertz CT molecular complexity index is 464. The first-order valence-electron chi connectivity index (χ1n) is 9.72. The summed E-state index contributed by atoms with van der Waals surface area (Å²) in [6, 6.07) is -0.872. The quantitative estimate of drug-likeness (QED) is 0.354. The van der Waals surface area contributed by atoms with Crippen LogP contribution in [-0.4, -0.2) is 91.8 Å². The molecule has 2 fully saturated rings. The van der Waals surface area contributed by atoms with E-state index in [9.17, 15) is 13.2 Å². The van der Waals surface area contributed by atoms with Gasteiger partial charge in [0, 0.05) is 52.4 Å². The first-order valence-corrected chi connectivity index (χ1v) is 9.72. The number of alkyl halides is 3. The average Bonchev–Trinajstić information content (AvgIpc) is 3.01. The molecule has 2 heterocycles. The Morgan fingerprint density at radius 2 is 1.74 bits per heavy atom. The van der Waals surface area contributed by atoms with Crippen LogP contribution in [0.4, 0.5) is 13.2 Å². The Morgan fingerprint density at radius 1 is 1.11 bits per heavy atom. The number of likely N-dealkylation sites (tertiary alicyclic amines) is 1. The highest BCUT2D eigenvalue weighted by molar-refractivity contribution is 14.0. The molecule has 0 bridgehead atoms. The van der Waals surface area contributed by atoms with Crippen molar-refractivity contribution in [3.05, 3.63) is 0 Å². The first kappa shape index (κ1) is 24.7. The van der Waals surface area contributed by atoms with Gasteiger partial charge in [-0.15, -0.1) is 24.0 Å². The molecule has 5 nitrogen and oxygen atoms in total. The van der Waals surface area contributed by atoms with Crippen molar-refractivity contribution >= 4 is 29.9 Å². The molecule has 2 atom stereocenters. The lowest BCUT2D eigenvalue weighted by Crippen LogP contribution is -2.57. The highest BCUT2D eigenvalue weighted by Crippen LogP contribution is 2.25. The molecule has 0 aromatic heterocycles. The SMILES string of the molecule is CN=C(NC[C@H]1CCCN1CC(C)C)N1CCN(C(C)C(F)(F)F)CC1.I. The molecule has 0 aromatic carbocycles. The van der Waals surface area contributed by atoms with Gasteiger partial charge in [-0.3, -0.25) is 14.8 Å². The van der Waals surface area contributed by atoms with Gasteiger partial charge in [-0.2, -0.15) is 13.2 Å². The highest BCUT2D eigenvalue weighted by Gasteiger charge is 2.41. The minimum absolute atomic E-state index is 0. The molecular weight excluding hydrogens is 470 g/mol. The second-order valence-electron chi connectivity index (χ2n) is 7.85. The molecule has 0 aliphatic carbocycles. The maximum Gasteiger partial charge on any atom is 0.403 e. The van der Waals surface area contributed by atoms with Crippen LogP contribution in [0.3, 0.4) is 0 Å². The maximum absolute atomic E-state index is 12.9. The molecule has 2 aliphatic heterocycles. The highest BCUT2D eigenvalue weighted by atomic mass is 127. The van der Waals surface area contributed by atoms with Gasteiger partial charge in [-0.25, -0.2) is 0 Å². The molecule has 160 valence electrons. The van der Waals surface area contributed by atoms with E-state index in [0.29, 0.717) is 38.1 Å². The fourth-order valence-electron chi connectivity index (χ4n) is 3.91. The van der Waals surface area contributed by atoms with Gasteiger partial charge in [-0.05, 0) is 32.2 Å². The van der Waals surface area contributed by atoms with E-state index in [4.69, 9.17) is 0 Å². The third-order valence-electron chi connectivity index (χ3n) is 5.44. The summed E-state index contributed by atoms with van der Waals surface area (Å²) in [6.45, 7) is 10.8. The van der Waals surface area contributed by atoms with Crippen LogP contribution in [0, 0.1) is 5.92 Å². The molecule has 2 saturated heterocycles. The topological polar surface area (TPSA) is 34.1 Å². The number of aliphatic imine (C=N–C) groups is 1. The van der Waals surface area contributed by atoms with Gasteiger partial charge in [0.25, 0.3) is 0 Å². The molecule has 0 aromatic rings. The molecule has 2 rings (SSSR count). The van der Waals surface area contributed by atoms with Crippen LogP contribution >= 0.6 is 24.0 Å². The molecule has 1 unspecified atom stereocenters. The Hall–Kier alpha value is -0.290. The minimum atomic E-state index is -4.16. The Labute approximate surface area is 178 Å². The number of hydrogen-bond acceptors (Lipinski definition) is 3. The monoisotopic (exact) mass is 505 g/mol. The second kappa shape index (κ2) is 11.0. The Kier molecular flexibility index (Phi) is 10.1. The third-order valence-corrected chi connectivity index (χ3v) is 5.44. The summed E-state index contributed by atoms with van der Waals surface area (Å²) in [4.78, 5) is 10.5. The predicted molar refractivity (Wildman–Crippen MR) is 115 cm³/mol. The van der Waals surface area contributed by atoms with Crippen molar-refractivity contribution in [3.8, 4) is 0 Å². The van der Waals surface area contributed by atoms with Gasteiger partial charge in [0.15, 0.2) is 5.96 Å². The fourth-order valence-corrected chi connectivity index (χ4v) is 3.91. The minimum Gasteiger partial charge on any atom is -0.355 e. The van der Waals surface area contributed by atoms with Crippen LogP contribution in [-0.2, 0) is 0 Å². The van der Waals surface area contributed by atoms with E-state index in [-0.39, 0.29) is 24.0 Å². The average molecular weight is 505 g/mol. The zero-order chi connectivity index (χ0) is 19.3. The van der Waals surface area contributed by atoms with E-state index >= 15 is 0 Å². The third kappa shape index (κ3) is 7.23. The van der Waals surface area contributed by atoms with Gasteiger partial charge in [0.2, 0.25) is 0 Å². The summed E-state index contributed by atoms with van der Waals surface area (Å²) in [5.41, 5.74) is 0. The van der Waals surface area contributed by atoms with Crippen LogP contribution in [0.1, 0.15) is 33.6 Å². The number of halogens is 4. The Morgan fingerprint density at radius 3 is 2.26 bits per heavy atom. The predicted octanol–water partition coefficient (Wildman–Crippen LogP) is 2.87. The fraction of sp³-hybridized carbons (Fsp3) is 0.944. The van der Waals surface area contributed by atoms with Crippen molar-refractivity contribution in [1.82, 2.24) is 20.0 Å². The van der Waals surface area contributed by atoms with E-state index in [2.05, 4.69) is 34.0 Å². The lowest BCUT2D eigenvalue weighted by Gasteiger charge is -2.40. The van der Waals surface area contributed by atoms with Crippen LogP contribution in [0.15, 0.2) is 4.99 Å². The van der Waals surface area contributed by atoms with E-state index in [1.54, 1.807) is 7.05 Å². The summed E-state index contributed by atoms with van der Waals surface area (Å²) in [5.74, 6) is 1.46. The molecule has 0 radical (unpaired) electrons. The van der Waals surface area contributed by atoms with Crippen LogP contribution < -0.4 is 5.32 Å². The molecule has 2 aliphatic rings. The number of nitrogens with zero attached hydrogens (tertiary/aromatic N) is 4. The molecule has 0 amide bonds. The van der Waals surface area contributed by atoms with Gasteiger partial charge < -0.3 is 10.2 Å². The van der Waals surface area contributed by atoms with E-state index in [1.165, 1.54) is 24.7 Å². The van der Waals surface area contributed by atoms with Gasteiger partial charge in [0.05, 0.1) is 0 Å². The van der Waals surface area contributed by atoms with E-state index in [1.807, 2.05) is 0 Å². The number of rotatable bonds is 5. The first-order chi connectivity index (χ1) is 12.2. The van der Waals surface area contributed by atoms with Gasteiger partial charge >= 0.3 is 6.18 Å². The smallest absolute Gasteiger partial charge is 0.355 e. The number of nitrogens with one attached hydrogen (secondary N) is 1. The van der Waals surface area contributed by atoms with Crippen LogP contribution in [0.2, 0.25) is 0 Å². The maximum atomic E-state index is 12.9. The normalized spacial score (nSPS) is 24.2. The largest absolute Gasteiger partial charge is 0.403 e. The number of hydrogen-bond donors (Lipinski definition) is 1. The molecule has 9 heteroatoms. The van der Waals surface area contributed by atoms with Crippen molar-refractivity contribution in [1.29, 1.82) is 0 Å². The molecule has 27 heavy (non-hydrogen) atoms. The standard InChI is InChI=1S/C18H34F3N5.HI/c1-14(2)13-26-7-5-6-16(26)12-23-17(22-4)25-10-8-24(9-11-25)15(3)18(19,20)21;/h14-16H,5-13H2,1-4H3,(H,22,23);1H/t15?,16-;/m1./s1. The zero-order valence-corrected chi connectivity index (χ0v) is 19.3. The second-order valence-corrected chi connectivity index (χ2v) is 7.85. The summed E-state index contributed by atoms with van der Waals surface area (Å²) >= 11 is 0. The van der Waals surface area contributed by atoms with Crippen molar-refractivity contribution < 1.29 is 13.2 Å². The van der Waals surface area contributed by atoms with Crippen molar-refractivity contribution in [2.24, 2.45) is 10.9 Å². The Balaban J connectivity index is 0.00000364. The van der Waals surface area contributed by atoms with Crippen LogP contribution in [0.5, 0.6) is 0 Å².